The lowest BCUT2D eigenvalue weighted by Gasteiger charge is -2.24. The number of nitrogens with zero attached hydrogens (tertiary/aromatic N) is 2. The Hall–Kier alpha value is -2.64. The highest BCUT2D eigenvalue weighted by Crippen LogP contribution is 2.28. The van der Waals surface area contributed by atoms with Gasteiger partial charge in [0.25, 0.3) is 0 Å². The summed E-state index contributed by atoms with van der Waals surface area (Å²) in [4.78, 5) is 26.3. The Morgan fingerprint density at radius 1 is 1.15 bits per heavy atom. The predicted molar refractivity (Wildman–Crippen MR) is 109 cm³/mol. The minimum Gasteiger partial charge on any atom is -0.350 e. The van der Waals surface area contributed by atoms with E-state index in [1.54, 1.807) is 11.3 Å². The number of amides is 2. The van der Waals surface area contributed by atoms with Gasteiger partial charge in [0, 0.05) is 37.2 Å². The summed E-state index contributed by atoms with van der Waals surface area (Å²) in [5.41, 5.74) is 3.25. The van der Waals surface area contributed by atoms with Crippen LogP contribution in [0.1, 0.15) is 17.2 Å². The lowest BCUT2D eigenvalue weighted by molar-refractivity contribution is -0.139. The standard InChI is InChI=1S/C20H24N4O2S/c1-23(2)18(16-12-24(3)17-7-5-4-6-15(16)17)11-22-20(26)19(25)21-10-14-8-9-27-13-14/h4-9,12-13,18H,10-11H2,1-3H3,(H,21,25)(H,22,26). The lowest BCUT2D eigenvalue weighted by atomic mass is 10.0. The van der Waals surface area contributed by atoms with Crippen molar-refractivity contribution in [3.8, 4) is 0 Å². The van der Waals surface area contributed by atoms with Gasteiger partial charge >= 0.3 is 11.8 Å². The van der Waals surface area contributed by atoms with Crippen LogP contribution >= 0.6 is 11.3 Å². The number of fused-ring (bicyclic) bond motifs is 1. The molecule has 0 saturated heterocycles. The molecule has 6 nitrogen and oxygen atoms in total. The highest BCUT2D eigenvalue weighted by atomic mass is 32.1. The third-order valence-electron chi connectivity index (χ3n) is 4.61. The molecule has 0 bridgehead atoms. The van der Waals surface area contributed by atoms with Gasteiger partial charge in [-0.15, -0.1) is 0 Å². The molecule has 7 heteroatoms. The zero-order chi connectivity index (χ0) is 19.4. The van der Waals surface area contributed by atoms with Crippen molar-refractivity contribution in [2.24, 2.45) is 7.05 Å². The number of nitrogens with one attached hydrogen (secondary N) is 2. The van der Waals surface area contributed by atoms with Gasteiger partial charge in [0.15, 0.2) is 0 Å². The monoisotopic (exact) mass is 384 g/mol. The molecule has 3 rings (SSSR count). The van der Waals surface area contributed by atoms with E-state index in [2.05, 4.69) is 33.5 Å². The normalized spacial score (nSPS) is 12.3. The van der Waals surface area contributed by atoms with Gasteiger partial charge in [0.05, 0.1) is 6.04 Å². The van der Waals surface area contributed by atoms with Crippen LogP contribution in [0.4, 0.5) is 0 Å². The number of benzene rings is 1. The molecule has 0 spiro atoms. The van der Waals surface area contributed by atoms with Crippen molar-refractivity contribution in [1.29, 1.82) is 0 Å². The number of rotatable bonds is 6. The summed E-state index contributed by atoms with van der Waals surface area (Å²) in [6.07, 6.45) is 2.08. The van der Waals surface area contributed by atoms with Gasteiger partial charge in [-0.2, -0.15) is 11.3 Å². The summed E-state index contributed by atoms with van der Waals surface area (Å²) in [6, 6.07) is 10.1. The van der Waals surface area contributed by atoms with Crippen LogP contribution in [0, 0.1) is 0 Å². The van der Waals surface area contributed by atoms with Crippen LogP contribution in [0.3, 0.4) is 0 Å². The molecular weight excluding hydrogens is 360 g/mol. The van der Waals surface area contributed by atoms with E-state index in [1.807, 2.05) is 55.0 Å². The Morgan fingerprint density at radius 2 is 1.89 bits per heavy atom. The summed E-state index contributed by atoms with van der Waals surface area (Å²) in [5.74, 6) is -1.23. The van der Waals surface area contributed by atoms with Crippen molar-refractivity contribution in [1.82, 2.24) is 20.1 Å². The zero-order valence-electron chi connectivity index (χ0n) is 15.7. The molecule has 1 aromatic carbocycles. The Kier molecular flexibility index (Phi) is 5.93. The van der Waals surface area contributed by atoms with Gasteiger partial charge in [-0.1, -0.05) is 18.2 Å². The fraction of sp³-hybridized carbons (Fsp3) is 0.300. The molecule has 1 unspecified atom stereocenters. The molecule has 2 N–H and O–H groups in total. The van der Waals surface area contributed by atoms with Crippen molar-refractivity contribution in [3.05, 3.63) is 58.4 Å². The van der Waals surface area contributed by atoms with Crippen LogP contribution in [-0.4, -0.2) is 41.9 Å². The molecular formula is C20H24N4O2S. The molecule has 2 heterocycles. The quantitative estimate of drug-likeness (QED) is 0.641. The highest BCUT2D eigenvalue weighted by Gasteiger charge is 2.21. The van der Waals surface area contributed by atoms with Gasteiger partial charge in [-0.05, 0) is 48.1 Å². The van der Waals surface area contributed by atoms with Crippen molar-refractivity contribution in [2.45, 2.75) is 12.6 Å². The molecule has 2 aromatic heterocycles. The van der Waals surface area contributed by atoms with Gasteiger partial charge < -0.3 is 20.1 Å². The molecule has 0 aliphatic rings. The number of hydrogen-bond donors (Lipinski definition) is 2. The Bertz CT molecular complexity index is 931. The topological polar surface area (TPSA) is 66.4 Å². The Balaban J connectivity index is 1.66. The summed E-state index contributed by atoms with van der Waals surface area (Å²) in [6.45, 7) is 0.710. The fourth-order valence-electron chi connectivity index (χ4n) is 3.13. The van der Waals surface area contributed by atoms with Gasteiger partial charge in [0.2, 0.25) is 0 Å². The number of para-hydroxylation sites is 1. The molecule has 3 aromatic rings. The smallest absolute Gasteiger partial charge is 0.309 e. The predicted octanol–water partition coefficient (Wildman–Crippen LogP) is 2.28. The first-order chi connectivity index (χ1) is 13.0. The summed E-state index contributed by atoms with van der Waals surface area (Å²) in [7, 11) is 5.94. The van der Waals surface area contributed by atoms with Gasteiger partial charge in [-0.25, -0.2) is 0 Å². The van der Waals surface area contributed by atoms with Crippen molar-refractivity contribution >= 4 is 34.1 Å². The second kappa shape index (κ2) is 8.37. The van der Waals surface area contributed by atoms with E-state index in [0.29, 0.717) is 13.1 Å². The average molecular weight is 385 g/mol. The van der Waals surface area contributed by atoms with E-state index in [1.165, 1.54) is 0 Å². The van der Waals surface area contributed by atoms with Gasteiger partial charge in [-0.3, -0.25) is 9.59 Å². The average Bonchev–Trinajstić information content (AvgIpc) is 3.28. The number of aryl methyl sites for hydroxylation is 1. The maximum atomic E-state index is 12.2. The van der Waals surface area contributed by atoms with Crippen molar-refractivity contribution in [2.75, 3.05) is 20.6 Å². The number of hydrogen-bond acceptors (Lipinski definition) is 4. The van der Waals surface area contributed by atoms with Crippen LogP contribution in [0.25, 0.3) is 10.9 Å². The first-order valence-electron chi connectivity index (χ1n) is 8.75. The molecule has 0 aliphatic carbocycles. The summed E-state index contributed by atoms with van der Waals surface area (Å²) in [5, 5.41) is 10.4. The molecule has 1 atom stereocenters. The number of thiophene rings is 1. The maximum absolute atomic E-state index is 12.2. The molecule has 0 fully saturated rings. The molecule has 0 radical (unpaired) electrons. The number of aromatic nitrogens is 1. The first kappa shape index (κ1) is 19.1. The Labute approximate surface area is 162 Å². The highest BCUT2D eigenvalue weighted by molar-refractivity contribution is 7.07. The minimum absolute atomic E-state index is 0.0373. The van der Waals surface area contributed by atoms with E-state index < -0.39 is 11.8 Å². The second-order valence-corrected chi connectivity index (χ2v) is 7.50. The van der Waals surface area contributed by atoms with E-state index in [4.69, 9.17) is 0 Å². The maximum Gasteiger partial charge on any atom is 0.309 e. The zero-order valence-corrected chi connectivity index (χ0v) is 16.5. The third kappa shape index (κ3) is 4.37. The first-order valence-corrected chi connectivity index (χ1v) is 9.69. The van der Waals surface area contributed by atoms with Crippen molar-refractivity contribution < 1.29 is 9.59 Å². The number of carbonyl (C=O) groups is 2. The van der Waals surface area contributed by atoms with Crippen LogP contribution in [0.2, 0.25) is 0 Å². The second-order valence-electron chi connectivity index (χ2n) is 6.72. The van der Waals surface area contributed by atoms with E-state index >= 15 is 0 Å². The lowest BCUT2D eigenvalue weighted by Crippen LogP contribution is -2.42. The van der Waals surface area contributed by atoms with E-state index in [0.717, 1.165) is 22.0 Å². The van der Waals surface area contributed by atoms with Crippen molar-refractivity contribution in [3.63, 3.8) is 0 Å². The Morgan fingerprint density at radius 3 is 2.59 bits per heavy atom. The molecule has 142 valence electrons. The van der Waals surface area contributed by atoms with Crippen LogP contribution in [0.5, 0.6) is 0 Å². The number of carbonyl (C=O) groups excluding carboxylic acids is 2. The minimum atomic E-state index is -0.614. The van der Waals surface area contributed by atoms with E-state index in [9.17, 15) is 9.59 Å². The third-order valence-corrected chi connectivity index (χ3v) is 5.34. The molecule has 0 saturated carbocycles. The fourth-order valence-corrected chi connectivity index (χ4v) is 3.80. The summed E-state index contributed by atoms with van der Waals surface area (Å²) >= 11 is 1.56. The number of likely N-dealkylation sites (N-methyl/N-ethyl adjacent to an activating group) is 1. The van der Waals surface area contributed by atoms with Crippen LogP contribution in [-0.2, 0) is 23.2 Å². The SMILES string of the molecule is CN(C)C(CNC(=O)C(=O)NCc1ccsc1)c1cn(C)c2ccccc12. The van der Waals surface area contributed by atoms with Crippen LogP contribution in [0.15, 0.2) is 47.3 Å². The van der Waals surface area contributed by atoms with E-state index in [-0.39, 0.29) is 6.04 Å². The molecule has 2 amide bonds. The molecule has 0 aliphatic heterocycles. The van der Waals surface area contributed by atoms with Crippen LogP contribution < -0.4 is 10.6 Å². The van der Waals surface area contributed by atoms with Gasteiger partial charge in [0.1, 0.15) is 0 Å². The molecule has 27 heavy (non-hydrogen) atoms. The summed E-state index contributed by atoms with van der Waals surface area (Å²) < 4.78 is 2.08. The largest absolute Gasteiger partial charge is 0.350 e.